The topological polar surface area (TPSA) is 18.5 Å². The monoisotopic (exact) mass is 330 g/mol. The van der Waals surface area contributed by atoms with Crippen molar-refractivity contribution >= 4 is 23.2 Å². The Morgan fingerprint density at radius 1 is 1.14 bits per heavy atom. The van der Waals surface area contributed by atoms with E-state index in [1.54, 1.807) is 6.08 Å². The summed E-state index contributed by atoms with van der Waals surface area (Å²) in [6.45, 7) is 7.49. The van der Waals surface area contributed by atoms with Gasteiger partial charge in [0.25, 0.3) is 0 Å². The zero-order chi connectivity index (χ0) is 15.7. The number of unbranched alkanes of at least 4 members (excludes halogenated alkanes) is 2. The third-order valence-electron chi connectivity index (χ3n) is 3.19. The molecule has 0 bridgehead atoms. The van der Waals surface area contributed by atoms with Crippen molar-refractivity contribution in [3.05, 3.63) is 33.8 Å². The van der Waals surface area contributed by atoms with Crippen LogP contribution in [0.4, 0.5) is 0 Å². The van der Waals surface area contributed by atoms with E-state index in [1.165, 1.54) is 18.4 Å². The first-order valence-corrected chi connectivity index (χ1v) is 8.24. The molecule has 0 heterocycles. The van der Waals surface area contributed by atoms with Crippen LogP contribution in [-0.2, 0) is 6.42 Å². The van der Waals surface area contributed by atoms with E-state index in [0.29, 0.717) is 6.61 Å². The summed E-state index contributed by atoms with van der Waals surface area (Å²) >= 11 is 11.1. The van der Waals surface area contributed by atoms with Gasteiger partial charge in [-0.2, -0.15) is 0 Å². The van der Waals surface area contributed by atoms with E-state index in [9.17, 15) is 0 Å². The van der Waals surface area contributed by atoms with E-state index in [2.05, 4.69) is 13.8 Å². The average molecular weight is 331 g/mol. The van der Waals surface area contributed by atoms with Gasteiger partial charge in [-0.3, -0.25) is 0 Å². The first-order chi connectivity index (χ1) is 10.1. The standard InChI is InChI=1S/C17H24Cl2O2/c1-4-6-7-9-21-17-13(3)11-15(12-14(17)5-2)20-10-8-16(18)19/h8,11-12H,4-7,9-10H2,1-3H3. The molecule has 0 saturated carbocycles. The molecule has 0 amide bonds. The van der Waals surface area contributed by atoms with Gasteiger partial charge in [0, 0.05) is 0 Å². The maximum atomic E-state index is 5.95. The Morgan fingerprint density at radius 2 is 1.90 bits per heavy atom. The van der Waals surface area contributed by atoms with E-state index in [0.717, 1.165) is 36.5 Å². The molecule has 1 aromatic carbocycles. The van der Waals surface area contributed by atoms with Crippen LogP contribution in [0.25, 0.3) is 0 Å². The molecule has 0 aliphatic carbocycles. The fraction of sp³-hybridized carbons (Fsp3) is 0.529. The molecule has 1 rings (SSSR count). The molecule has 0 radical (unpaired) electrons. The number of hydrogen-bond donors (Lipinski definition) is 0. The third kappa shape index (κ3) is 6.62. The van der Waals surface area contributed by atoms with E-state index >= 15 is 0 Å². The predicted octanol–water partition coefficient (Wildman–Crippen LogP) is 5.82. The van der Waals surface area contributed by atoms with E-state index in [-0.39, 0.29) is 4.49 Å². The second-order valence-electron chi connectivity index (χ2n) is 4.94. The van der Waals surface area contributed by atoms with Gasteiger partial charge < -0.3 is 9.47 Å². The Bertz CT molecular complexity index is 466. The molecule has 118 valence electrons. The number of benzene rings is 1. The van der Waals surface area contributed by atoms with Gasteiger partial charge in [0.15, 0.2) is 0 Å². The minimum absolute atomic E-state index is 0.221. The van der Waals surface area contributed by atoms with Crippen LogP contribution in [0, 0.1) is 6.92 Å². The summed E-state index contributed by atoms with van der Waals surface area (Å²) in [5, 5.41) is 0. The maximum Gasteiger partial charge on any atom is 0.125 e. The smallest absolute Gasteiger partial charge is 0.125 e. The zero-order valence-electron chi connectivity index (χ0n) is 13.0. The lowest BCUT2D eigenvalue weighted by molar-refractivity contribution is 0.300. The maximum absolute atomic E-state index is 5.95. The normalized spacial score (nSPS) is 10.3. The second kappa shape index (κ2) is 9.97. The molecule has 0 aliphatic rings. The van der Waals surface area contributed by atoms with Crippen LogP contribution in [0.1, 0.15) is 44.2 Å². The molecule has 0 unspecified atom stereocenters. The molecule has 0 atom stereocenters. The van der Waals surface area contributed by atoms with Crippen molar-refractivity contribution < 1.29 is 9.47 Å². The summed E-state index contributed by atoms with van der Waals surface area (Å²) in [4.78, 5) is 0. The van der Waals surface area contributed by atoms with Crippen LogP contribution >= 0.6 is 23.2 Å². The Hall–Kier alpha value is -0.860. The molecule has 21 heavy (non-hydrogen) atoms. The lowest BCUT2D eigenvalue weighted by Gasteiger charge is -2.15. The first-order valence-electron chi connectivity index (χ1n) is 7.48. The van der Waals surface area contributed by atoms with Gasteiger partial charge in [0.1, 0.15) is 22.6 Å². The molecule has 1 aromatic rings. The minimum atomic E-state index is 0.221. The van der Waals surface area contributed by atoms with Crippen LogP contribution in [0.3, 0.4) is 0 Å². The van der Waals surface area contributed by atoms with Gasteiger partial charge in [-0.15, -0.1) is 0 Å². The zero-order valence-corrected chi connectivity index (χ0v) is 14.6. The Kier molecular flexibility index (Phi) is 8.63. The molecule has 0 aromatic heterocycles. The Balaban J connectivity index is 2.74. The van der Waals surface area contributed by atoms with Gasteiger partial charge >= 0.3 is 0 Å². The lowest BCUT2D eigenvalue weighted by atomic mass is 10.1. The molecule has 0 fully saturated rings. The van der Waals surface area contributed by atoms with Crippen molar-refractivity contribution in [2.75, 3.05) is 13.2 Å². The second-order valence-corrected chi connectivity index (χ2v) is 5.95. The molecular weight excluding hydrogens is 307 g/mol. The molecule has 0 aliphatic heterocycles. The quantitative estimate of drug-likeness (QED) is 0.531. The van der Waals surface area contributed by atoms with E-state index < -0.39 is 0 Å². The molecule has 4 heteroatoms. The van der Waals surface area contributed by atoms with Crippen LogP contribution in [-0.4, -0.2) is 13.2 Å². The van der Waals surface area contributed by atoms with Crippen LogP contribution in [0.2, 0.25) is 0 Å². The number of hydrogen-bond acceptors (Lipinski definition) is 2. The largest absolute Gasteiger partial charge is 0.493 e. The van der Waals surface area contributed by atoms with Crippen LogP contribution in [0.5, 0.6) is 11.5 Å². The predicted molar refractivity (Wildman–Crippen MR) is 90.9 cm³/mol. The number of ether oxygens (including phenoxy) is 2. The molecule has 0 N–H and O–H groups in total. The highest BCUT2D eigenvalue weighted by Gasteiger charge is 2.09. The van der Waals surface area contributed by atoms with Crippen molar-refractivity contribution in [2.24, 2.45) is 0 Å². The fourth-order valence-corrected chi connectivity index (χ4v) is 2.22. The number of halogens is 2. The molecular formula is C17H24Cl2O2. The van der Waals surface area contributed by atoms with Crippen molar-refractivity contribution in [1.29, 1.82) is 0 Å². The highest BCUT2D eigenvalue weighted by molar-refractivity contribution is 6.55. The SMILES string of the molecule is CCCCCOc1c(C)cc(OCC=C(Cl)Cl)cc1CC. The summed E-state index contributed by atoms with van der Waals surface area (Å²) in [5.74, 6) is 1.81. The van der Waals surface area contributed by atoms with E-state index in [1.807, 2.05) is 19.1 Å². The third-order valence-corrected chi connectivity index (χ3v) is 3.50. The highest BCUT2D eigenvalue weighted by atomic mass is 35.5. The molecule has 0 saturated heterocycles. The summed E-state index contributed by atoms with van der Waals surface area (Å²) in [5.41, 5.74) is 2.27. The highest BCUT2D eigenvalue weighted by Crippen LogP contribution is 2.30. The van der Waals surface area contributed by atoms with Crippen molar-refractivity contribution in [3.63, 3.8) is 0 Å². The van der Waals surface area contributed by atoms with Gasteiger partial charge in [0.2, 0.25) is 0 Å². The Morgan fingerprint density at radius 3 is 2.52 bits per heavy atom. The van der Waals surface area contributed by atoms with Crippen molar-refractivity contribution in [3.8, 4) is 11.5 Å². The van der Waals surface area contributed by atoms with Gasteiger partial charge in [0.05, 0.1) is 6.61 Å². The van der Waals surface area contributed by atoms with Gasteiger partial charge in [-0.05, 0) is 49.1 Å². The van der Waals surface area contributed by atoms with Crippen LogP contribution in [0.15, 0.2) is 22.7 Å². The minimum Gasteiger partial charge on any atom is -0.493 e. The number of aryl methyl sites for hydroxylation is 2. The lowest BCUT2D eigenvalue weighted by Crippen LogP contribution is -2.03. The Labute approximate surface area is 138 Å². The van der Waals surface area contributed by atoms with Gasteiger partial charge in [-0.1, -0.05) is 49.9 Å². The van der Waals surface area contributed by atoms with Crippen molar-refractivity contribution in [2.45, 2.75) is 46.5 Å². The average Bonchev–Trinajstić information content (AvgIpc) is 2.44. The molecule has 2 nitrogen and oxygen atoms in total. The summed E-state index contributed by atoms with van der Waals surface area (Å²) < 4.78 is 11.8. The van der Waals surface area contributed by atoms with Gasteiger partial charge in [-0.25, -0.2) is 0 Å². The molecule has 0 spiro atoms. The number of rotatable bonds is 9. The fourth-order valence-electron chi connectivity index (χ4n) is 2.09. The van der Waals surface area contributed by atoms with E-state index in [4.69, 9.17) is 32.7 Å². The first kappa shape index (κ1) is 18.2. The van der Waals surface area contributed by atoms with Crippen LogP contribution < -0.4 is 9.47 Å². The van der Waals surface area contributed by atoms with Crippen molar-refractivity contribution in [1.82, 2.24) is 0 Å². The summed E-state index contributed by atoms with van der Waals surface area (Å²) in [6, 6.07) is 4.02. The summed E-state index contributed by atoms with van der Waals surface area (Å²) in [6.07, 6.45) is 6.03. The summed E-state index contributed by atoms with van der Waals surface area (Å²) in [7, 11) is 0.